The van der Waals surface area contributed by atoms with Gasteiger partial charge in [-0.15, -0.1) is 0 Å². The third-order valence-corrected chi connectivity index (χ3v) is 4.37. The van der Waals surface area contributed by atoms with E-state index in [0.29, 0.717) is 0 Å². The van der Waals surface area contributed by atoms with E-state index in [-0.39, 0.29) is 5.91 Å². The van der Waals surface area contributed by atoms with Crippen molar-refractivity contribution >= 4 is 5.91 Å². The molecule has 1 aliphatic carbocycles. The first-order valence-corrected chi connectivity index (χ1v) is 6.57. The summed E-state index contributed by atoms with van der Waals surface area (Å²) in [6, 6.07) is 0.807. The summed E-state index contributed by atoms with van der Waals surface area (Å²) in [5, 5.41) is 0. The van der Waals surface area contributed by atoms with Crippen LogP contribution in [-0.4, -0.2) is 47.9 Å². The average molecular weight is 224 g/mol. The van der Waals surface area contributed by atoms with Gasteiger partial charge < -0.3 is 4.90 Å². The largest absolute Gasteiger partial charge is 0.340 e. The molecule has 1 heterocycles. The Morgan fingerprint density at radius 2 is 1.69 bits per heavy atom. The van der Waals surface area contributed by atoms with Crippen LogP contribution < -0.4 is 0 Å². The van der Waals surface area contributed by atoms with Crippen LogP contribution >= 0.6 is 0 Å². The molecule has 0 atom stereocenters. The summed E-state index contributed by atoms with van der Waals surface area (Å²) in [6.07, 6.45) is 2.75. The number of carbonyl (C=O) groups is 1. The molecule has 0 N–H and O–H groups in total. The van der Waals surface area contributed by atoms with Crippen LogP contribution in [0.3, 0.4) is 0 Å². The summed E-state index contributed by atoms with van der Waals surface area (Å²) in [6.45, 7) is 10.3. The van der Waals surface area contributed by atoms with E-state index in [0.717, 1.165) is 44.1 Å². The Labute approximate surface area is 98.8 Å². The number of carbonyl (C=O) groups excluding carboxylic acids is 1. The zero-order valence-corrected chi connectivity index (χ0v) is 10.8. The van der Waals surface area contributed by atoms with E-state index in [1.54, 1.807) is 6.92 Å². The van der Waals surface area contributed by atoms with Crippen LogP contribution in [0.4, 0.5) is 0 Å². The molecule has 2 aliphatic rings. The van der Waals surface area contributed by atoms with Crippen LogP contribution in [0.15, 0.2) is 0 Å². The SMILES string of the molecule is CC(=O)N1CCN([C@H]2C[C@@H](C(C)C)C2)CC1. The van der Waals surface area contributed by atoms with Gasteiger partial charge in [-0.3, -0.25) is 9.69 Å². The topological polar surface area (TPSA) is 23.6 Å². The minimum atomic E-state index is 0.230. The van der Waals surface area contributed by atoms with Crippen molar-refractivity contribution < 1.29 is 4.79 Å². The van der Waals surface area contributed by atoms with Gasteiger partial charge in [0.15, 0.2) is 0 Å². The van der Waals surface area contributed by atoms with Crippen molar-refractivity contribution in [3.8, 4) is 0 Å². The predicted molar refractivity (Wildman–Crippen MR) is 65.2 cm³/mol. The molecule has 16 heavy (non-hydrogen) atoms. The smallest absolute Gasteiger partial charge is 0.219 e. The van der Waals surface area contributed by atoms with Crippen molar-refractivity contribution in [1.82, 2.24) is 9.80 Å². The van der Waals surface area contributed by atoms with Gasteiger partial charge in [0, 0.05) is 39.1 Å². The van der Waals surface area contributed by atoms with Gasteiger partial charge >= 0.3 is 0 Å². The number of piperazine rings is 1. The molecule has 1 aliphatic heterocycles. The van der Waals surface area contributed by atoms with Crippen molar-refractivity contribution in [3.05, 3.63) is 0 Å². The van der Waals surface area contributed by atoms with E-state index in [4.69, 9.17) is 0 Å². The molecule has 0 spiro atoms. The van der Waals surface area contributed by atoms with Gasteiger partial charge in [-0.2, -0.15) is 0 Å². The standard InChI is InChI=1S/C13H24N2O/c1-10(2)12-8-13(9-12)15-6-4-14(5-7-15)11(3)16/h10,12-13H,4-9H2,1-3H3/t12-,13+. The van der Waals surface area contributed by atoms with Gasteiger partial charge in [0.1, 0.15) is 0 Å². The van der Waals surface area contributed by atoms with Crippen molar-refractivity contribution in [1.29, 1.82) is 0 Å². The maximum atomic E-state index is 11.2. The average Bonchev–Trinajstić information content (AvgIpc) is 2.15. The lowest BCUT2D eigenvalue weighted by molar-refractivity contribution is -0.131. The fourth-order valence-corrected chi connectivity index (χ4v) is 2.87. The van der Waals surface area contributed by atoms with E-state index >= 15 is 0 Å². The number of nitrogens with zero attached hydrogens (tertiary/aromatic N) is 2. The third-order valence-electron chi connectivity index (χ3n) is 4.37. The number of amides is 1. The Kier molecular flexibility index (Phi) is 3.53. The third kappa shape index (κ3) is 2.40. The number of hydrogen-bond donors (Lipinski definition) is 0. The molecule has 0 radical (unpaired) electrons. The molecule has 0 aromatic rings. The first-order valence-electron chi connectivity index (χ1n) is 6.57. The molecule has 0 aromatic carbocycles. The molecule has 0 bridgehead atoms. The normalized spacial score (nSPS) is 31.6. The molecular formula is C13H24N2O. The highest BCUT2D eigenvalue weighted by atomic mass is 16.2. The highest BCUT2D eigenvalue weighted by molar-refractivity contribution is 5.73. The molecule has 1 saturated carbocycles. The van der Waals surface area contributed by atoms with Crippen molar-refractivity contribution in [2.45, 2.75) is 39.7 Å². The molecule has 0 aromatic heterocycles. The Morgan fingerprint density at radius 3 is 2.12 bits per heavy atom. The Bertz CT molecular complexity index is 251. The lowest BCUT2D eigenvalue weighted by atomic mass is 9.73. The van der Waals surface area contributed by atoms with Gasteiger partial charge in [-0.1, -0.05) is 13.8 Å². The van der Waals surface area contributed by atoms with Crippen molar-refractivity contribution in [3.63, 3.8) is 0 Å². The molecule has 1 amide bonds. The first kappa shape index (κ1) is 11.9. The second-order valence-corrected chi connectivity index (χ2v) is 5.67. The zero-order chi connectivity index (χ0) is 11.7. The molecule has 3 heteroatoms. The van der Waals surface area contributed by atoms with Gasteiger partial charge in [0.2, 0.25) is 5.91 Å². The summed E-state index contributed by atoms with van der Waals surface area (Å²) >= 11 is 0. The van der Waals surface area contributed by atoms with Crippen molar-refractivity contribution in [2.75, 3.05) is 26.2 Å². The lowest BCUT2D eigenvalue weighted by Crippen LogP contribution is -2.55. The van der Waals surface area contributed by atoms with E-state index in [9.17, 15) is 4.79 Å². The quantitative estimate of drug-likeness (QED) is 0.711. The minimum absolute atomic E-state index is 0.230. The Balaban J connectivity index is 1.73. The maximum absolute atomic E-state index is 11.2. The summed E-state index contributed by atoms with van der Waals surface area (Å²) in [5.74, 6) is 2.01. The van der Waals surface area contributed by atoms with E-state index in [1.165, 1.54) is 12.8 Å². The molecule has 1 saturated heterocycles. The highest BCUT2D eigenvalue weighted by Gasteiger charge is 2.36. The number of rotatable bonds is 2. The zero-order valence-electron chi connectivity index (χ0n) is 10.8. The van der Waals surface area contributed by atoms with Crippen LogP contribution in [0.1, 0.15) is 33.6 Å². The van der Waals surface area contributed by atoms with Gasteiger partial charge in [0.25, 0.3) is 0 Å². The van der Waals surface area contributed by atoms with Crippen LogP contribution in [0.25, 0.3) is 0 Å². The van der Waals surface area contributed by atoms with Crippen LogP contribution in [0.2, 0.25) is 0 Å². The van der Waals surface area contributed by atoms with Crippen LogP contribution in [-0.2, 0) is 4.79 Å². The Hall–Kier alpha value is -0.570. The summed E-state index contributed by atoms with van der Waals surface area (Å²) in [7, 11) is 0. The van der Waals surface area contributed by atoms with Gasteiger partial charge in [-0.25, -0.2) is 0 Å². The first-order chi connectivity index (χ1) is 7.58. The second-order valence-electron chi connectivity index (χ2n) is 5.67. The Morgan fingerprint density at radius 1 is 1.12 bits per heavy atom. The van der Waals surface area contributed by atoms with Gasteiger partial charge in [0.05, 0.1) is 0 Å². The van der Waals surface area contributed by atoms with E-state index in [1.807, 2.05) is 4.90 Å². The highest BCUT2D eigenvalue weighted by Crippen LogP contribution is 2.37. The lowest BCUT2D eigenvalue weighted by Gasteiger charge is -2.47. The predicted octanol–water partition coefficient (Wildman–Crippen LogP) is 1.59. The molecule has 3 nitrogen and oxygen atoms in total. The van der Waals surface area contributed by atoms with E-state index in [2.05, 4.69) is 18.7 Å². The second kappa shape index (κ2) is 4.74. The summed E-state index contributed by atoms with van der Waals surface area (Å²) in [4.78, 5) is 15.8. The molecular weight excluding hydrogens is 200 g/mol. The summed E-state index contributed by atoms with van der Waals surface area (Å²) in [5.41, 5.74) is 0. The van der Waals surface area contributed by atoms with Crippen molar-refractivity contribution in [2.24, 2.45) is 11.8 Å². The fraction of sp³-hybridized carbons (Fsp3) is 0.923. The van der Waals surface area contributed by atoms with Gasteiger partial charge in [-0.05, 0) is 24.7 Å². The molecule has 92 valence electrons. The molecule has 2 rings (SSSR count). The fourth-order valence-electron chi connectivity index (χ4n) is 2.87. The monoisotopic (exact) mass is 224 g/mol. The van der Waals surface area contributed by atoms with Crippen LogP contribution in [0, 0.1) is 11.8 Å². The van der Waals surface area contributed by atoms with E-state index < -0.39 is 0 Å². The molecule has 0 unspecified atom stereocenters. The number of hydrogen-bond acceptors (Lipinski definition) is 2. The molecule has 2 fully saturated rings. The minimum Gasteiger partial charge on any atom is -0.340 e. The van der Waals surface area contributed by atoms with Crippen LogP contribution in [0.5, 0.6) is 0 Å². The summed E-state index contributed by atoms with van der Waals surface area (Å²) < 4.78 is 0. The maximum Gasteiger partial charge on any atom is 0.219 e.